The van der Waals surface area contributed by atoms with Gasteiger partial charge >= 0.3 is 0 Å². The Hall–Kier alpha value is -3.86. The van der Waals surface area contributed by atoms with Crippen LogP contribution in [0.5, 0.6) is 0 Å². The Bertz CT molecular complexity index is 1530. The molecule has 11 heteroatoms. The van der Waals surface area contributed by atoms with Crippen molar-refractivity contribution in [1.29, 1.82) is 0 Å². The molecule has 2 N–H and O–H groups in total. The molecular weight excluding hydrogens is 434 g/mol. The van der Waals surface area contributed by atoms with Crippen molar-refractivity contribution in [3.63, 3.8) is 0 Å². The lowest BCUT2D eigenvalue weighted by molar-refractivity contribution is -0.117. The van der Waals surface area contributed by atoms with Crippen LogP contribution in [0, 0.1) is 5.92 Å². The molecule has 5 heterocycles. The van der Waals surface area contributed by atoms with Crippen LogP contribution >= 0.6 is 0 Å². The highest BCUT2D eigenvalue weighted by Gasteiger charge is 2.30. The van der Waals surface area contributed by atoms with E-state index < -0.39 is 6.85 Å². The second-order valence-corrected chi connectivity index (χ2v) is 8.26. The summed E-state index contributed by atoms with van der Waals surface area (Å²) in [5.41, 5.74) is 2.05. The summed E-state index contributed by atoms with van der Waals surface area (Å²) in [6, 6.07) is 5.32. The van der Waals surface area contributed by atoms with Crippen molar-refractivity contribution in [2.75, 3.05) is 48.4 Å². The lowest BCUT2D eigenvalue weighted by Gasteiger charge is -2.28. The first kappa shape index (κ1) is 16.7. The van der Waals surface area contributed by atoms with E-state index in [1.807, 2.05) is 12.1 Å². The monoisotopic (exact) mass is 463 g/mol. The van der Waals surface area contributed by atoms with Gasteiger partial charge in [0.1, 0.15) is 5.52 Å². The highest BCUT2D eigenvalue weighted by Crippen LogP contribution is 2.32. The van der Waals surface area contributed by atoms with Gasteiger partial charge in [-0.25, -0.2) is 14.5 Å². The topological polar surface area (TPSA) is 122 Å². The van der Waals surface area contributed by atoms with Crippen LogP contribution in [0.3, 0.4) is 0 Å². The summed E-state index contributed by atoms with van der Waals surface area (Å²) < 4.78 is 38.2. The second kappa shape index (κ2) is 8.49. The van der Waals surface area contributed by atoms with Crippen molar-refractivity contribution in [1.82, 2.24) is 29.8 Å². The number of amides is 1. The third kappa shape index (κ3) is 3.87. The zero-order chi connectivity index (χ0) is 26.4. The standard InChI is InChI=1S/C23H25N9O2/c1-2-24-22-20-16(11-18(28-29-20)26-23(33)14-3-4-14)17(12-25-22)21-27-19-6-5-15(13-32(19)30-21)31-7-9-34-10-8-31/h5-6,11-14H,2-4,7-10H2,1H3,(H,24,25)(H,26,28,33)/i1D3,13D. The van der Waals surface area contributed by atoms with Gasteiger partial charge < -0.3 is 20.3 Å². The van der Waals surface area contributed by atoms with E-state index >= 15 is 0 Å². The van der Waals surface area contributed by atoms with Crippen LogP contribution in [0.2, 0.25) is 0 Å². The third-order valence-corrected chi connectivity index (χ3v) is 5.92. The van der Waals surface area contributed by atoms with E-state index in [-0.39, 0.29) is 36.2 Å². The average Bonchev–Trinajstić information content (AvgIpc) is 3.66. The molecule has 0 atom stereocenters. The molecule has 0 radical (unpaired) electrons. The van der Waals surface area contributed by atoms with Crippen molar-refractivity contribution in [2.45, 2.75) is 19.7 Å². The number of morpholine rings is 1. The summed E-state index contributed by atoms with van der Waals surface area (Å²) in [7, 11) is 0. The number of fused-ring (bicyclic) bond motifs is 2. The molecule has 0 aromatic carbocycles. The predicted octanol–water partition coefficient (Wildman–Crippen LogP) is 2.35. The zero-order valence-electron chi connectivity index (χ0n) is 22.3. The number of ether oxygens (including phenoxy) is 1. The van der Waals surface area contributed by atoms with Gasteiger partial charge in [-0.2, -0.15) is 0 Å². The Kier molecular flexibility index (Phi) is 4.17. The fraction of sp³-hybridized carbons (Fsp3) is 0.391. The molecule has 1 aliphatic carbocycles. The summed E-state index contributed by atoms with van der Waals surface area (Å²) >= 11 is 0. The van der Waals surface area contributed by atoms with E-state index in [0.717, 1.165) is 18.5 Å². The molecule has 4 aromatic rings. The molecule has 2 fully saturated rings. The van der Waals surface area contributed by atoms with Gasteiger partial charge in [0.2, 0.25) is 5.91 Å². The number of nitrogens with one attached hydrogen (secondary N) is 2. The zero-order valence-corrected chi connectivity index (χ0v) is 18.3. The number of nitrogens with zero attached hydrogens (tertiary/aromatic N) is 7. The Morgan fingerprint density at radius 3 is 3.00 bits per heavy atom. The molecule has 2 aliphatic rings. The molecule has 1 saturated heterocycles. The fourth-order valence-electron chi connectivity index (χ4n) is 3.97. The minimum Gasteiger partial charge on any atom is -0.378 e. The number of carbonyl (C=O) groups is 1. The van der Waals surface area contributed by atoms with Gasteiger partial charge in [-0.15, -0.1) is 15.3 Å². The average molecular weight is 464 g/mol. The maximum absolute atomic E-state index is 12.3. The van der Waals surface area contributed by atoms with Crippen LogP contribution < -0.4 is 15.5 Å². The summed E-state index contributed by atoms with van der Waals surface area (Å²) in [6.07, 6.45) is 3.42. The summed E-state index contributed by atoms with van der Waals surface area (Å²) in [5, 5.41) is 19.1. The van der Waals surface area contributed by atoms with Crippen molar-refractivity contribution < 1.29 is 15.0 Å². The van der Waals surface area contributed by atoms with Crippen LogP contribution in [0.1, 0.15) is 25.2 Å². The van der Waals surface area contributed by atoms with Crippen LogP contribution in [0.15, 0.2) is 30.6 Å². The smallest absolute Gasteiger partial charge is 0.228 e. The number of hydrogen-bond donors (Lipinski definition) is 2. The number of aromatic nitrogens is 6. The van der Waals surface area contributed by atoms with Crippen LogP contribution in [0.4, 0.5) is 17.3 Å². The highest BCUT2D eigenvalue weighted by molar-refractivity contribution is 6.01. The van der Waals surface area contributed by atoms with Gasteiger partial charge in [-0.05, 0) is 37.9 Å². The molecule has 6 rings (SSSR count). The van der Waals surface area contributed by atoms with Crippen molar-refractivity contribution in [3.8, 4) is 11.4 Å². The van der Waals surface area contributed by atoms with Crippen molar-refractivity contribution >= 4 is 39.8 Å². The minimum absolute atomic E-state index is 0.0165. The molecule has 4 aromatic heterocycles. The first-order valence-electron chi connectivity index (χ1n) is 13.2. The molecule has 0 unspecified atom stereocenters. The number of anilines is 3. The van der Waals surface area contributed by atoms with Gasteiger partial charge in [0, 0.05) is 46.8 Å². The van der Waals surface area contributed by atoms with E-state index in [1.165, 1.54) is 10.7 Å². The predicted molar refractivity (Wildman–Crippen MR) is 128 cm³/mol. The van der Waals surface area contributed by atoms with Crippen LogP contribution in [-0.2, 0) is 9.53 Å². The summed E-state index contributed by atoms with van der Waals surface area (Å²) in [5.74, 6) is 0.688. The molecule has 1 aliphatic heterocycles. The largest absolute Gasteiger partial charge is 0.378 e. The van der Waals surface area contributed by atoms with Gasteiger partial charge in [-0.3, -0.25) is 4.79 Å². The van der Waals surface area contributed by atoms with Gasteiger partial charge in [0.25, 0.3) is 0 Å². The molecule has 174 valence electrons. The Morgan fingerprint density at radius 2 is 2.18 bits per heavy atom. The lowest BCUT2D eigenvalue weighted by atomic mass is 10.1. The van der Waals surface area contributed by atoms with Crippen LogP contribution in [0.25, 0.3) is 27.9 Å². The first-order valence-corrected chi connectivity index (χ1v) is 11.2. The Labute approximate surface area is 201 Å². The Balaban J connectivity index is 1.43. The third-order valence-electron chi connectivity index (χ3n) is 5.92. The van der Waals surface area contributed by atoms with Crippen LogP contribution in [-0.4, -0.2) is 68.5 Å². The van der Waals surface area contributed by atoms with Gasteiger partial charge in [0.15, 0.2) is 23.1 Å². The fourth-order valence-corrected chi connectivity index (χ4v) is 3.97. The van der Waals surface area contributed by atoms with Crippen molar-refractivity contribution in [2.24, 2.45) is 5.92 Å². The SMILES string of the molecule is [2H]c1c(N2CCOCC2)ccc2nc(-c3cnc(NCC([2H])([2H])[2H])c4nnc(NC(=O)C5CC5)cc34)nn12. The minimum atomic E-state index is -2.22. The molecule has 0 bridgehead atoms. The number of hydrogen-bond acceptors (Lipinski definition) is 9. The van der Waals surface area contributed by atoms with E-state index in [0.29, 0.717) is 54.2 Å². The maximum atomic E-state index is 12.3. The molecule has 1 amide bonds. The van der Waals surface area contributed by atoms with Gasteiger partial charge in [0.05, 0.1) is 26.4 Å². The maximum Gasteiger partial charge on any atom is 0.228 e. The Morgan fingerprint density at radius 1 is 1.29 bits per heavy atom. The van der Waals surface area contributed by atoms with E-state index in [9.17, 15) is 4.79 Å². The first-order chi connectivity index (χ1) is 18.3. The molecular formula is C23H25N9O2. The second-order valence-electron chi connectivity index (χ2n) is 8.26. The van der Waals surface area contributed by atoms with E-state index in [2.05, 4.69) is 40.8 Å². The number of carbonyl (C=O) groups excluding carboxylic acids is 1. The van der Waals surface area contributed by atoms with E-state index in [1.54, 1.807) is 6.07 Å². The summed E-state index contributed by atoms with van der Waals surface area (Å²) in [4.78, 5) is 23.4. The number of pyridine rings is 2. The lowest BCUT2D eigenvalue weighted by Crippen LogP contribution is -2.36. The molecule has 34 heavy (non-hydrogen) atoms. The van der Waals surface area contributed by atoms with E-state index in [4.69, 9.17) is 10.2 Å². The quantitative estimate of drug-likeness (QED) is 0.443. The van der Waals surface area contributed by atoms with Gasteiger partial charge in [-0.1, -0.05) is 0 Å². The highest BCUT2D eigenvalue weighted by atomic mass is 16.5. The molecule has 11 nitrogen and oxygen atoms in total. The van der Waals surface area contributed by atoms with Crippen molar-refractivity contribution in [3.05, 3.63) is 30.6 Å². The molecule has 1 saturated carbocycles. The summed E-state index contributed by atoms with van der Waals surface area (Å²) in [6.45, 7) is 0.0408. The normalized spacial score (nSPS) is 18.3. The number of rotatable bonds is 6. The molecule has 0 spiro atoms.